The molecule has 17 heteroatoms. The zero-order chi connectivity index (χ0) is 23.4. The van der Waals surface area contributed by atoms with E-state index in [1.54, 1.807) is 0 Å². The normalized spacial score (nSPS) is 12.5. The number of esters is 1. The lowest BCUT2D eigenvalue weighted by molar-refractivity contribution is -0.197. The fraction of sp³-hybridized carbons (Fsp3) is 0.750. The summed E-state index contributed by atoms with van der Waals surface area (Å²) in [5.41, 5.74) is 0. The van der Waals surface area contributed by atoms with Crippen molar-refractivity contribution in [1.29, 1.82) is 0 Å². The molecule has 2 N–H and O–H groups in total. The lowest BCUT2D eigenvalue weighted by Gasteiger charge is -2.43. The van der Waals surface area contributed by atoms with Crippen molar-refractivity contribution < 1.29 is 49.7 Å². The highest BCUT2D eigenvalue weighted by atomic mass is 32.2. The van der Waals surface area contributed by atoms with E-state index in [-0.39, 0.29) is 0 Å². The van der Waals surface area contributed by atoms with E-state index in [1.165, 1.54) is 27.7 Å². The number of carbonyl (C=O) groups excluding carboxylic acids is 1. The molecule has 0 aromatic rings. The third-order valence-corrected chi connectivity index (χ3v) is 5.29. The van der Waals surface area contributed by atoms with E-state index >= 15 is 0 Å². The van der Waals surface area contributed by atoms with Crippen molar-refractivity contribution in [3.63, 3.8) is 0 Å². The van der Waals surface area contributed by atoms with E-state index in [4.69, 9.17) is 38.6 Å². The molecule has 0 saturated carbocycles. The Hall–Kier alpha value is -1.37. The molecule has 0 heterocycles. The van der Waals surface area contributed by atoms with Gasteiger partial charge in [0.15, 0.2) is 0 Å². The zero-order valence-electron chi connectivity index (χ0n) is 16.3. The molecule has 0 aliphatic heterocycles. The van der Waals surface area contributed by atoms with Gasteiger partial charge in [-0.25, -0.2) is 4.79 Å². The van der Waals surface area contributed by atoms with Crippen molar-refractivity contribution in [3.05, 3.63) is 0 Å². The van der Waals surface area contributed by atoms with Crippen LogP contribution in [0, 0.1) is 0 Å². The second-order valence-corrected chi connectivity index (χ2v) is 8.87. The first kappa shape index (κ1) is 27.6. The lowest BCUT2D eigenvalue weighted by atomic mass is 10.4. The highest BCUT2D eigenvalue weighted by Gasteiger charge is 2.64. The highest BCUT2D eigenvalue weighted by Crippen LogP contribution is 2.31. The van der Waals surface area contributed by atoms with Gasteiger partial charge < -0.3 is 18.9 Å². The summed E-state index contributed by atoms with van der Waals surface area (Å²) in [4.78, 5) is 12.6. The molecule has 0 spiro atoms. The van der Waals surface area contributed by atoms with Gasteiger partial charge in [0.1, 0.15) is 0 Å². The van der Waals surface area contributed by atoms with Gasteiger partial charge in [-0.15, -0.1) is 8.61 Å². The van der Waals surface area contributed by atoms with E-state index in [0.29, 0.717) is 7.11 Å². The molecule has 0 aliphatic carbocycles. The van der Waals surface area contributed by atoms with Gasteiger partial charge >= 0.3 is 32.4 Å². The van der Waals surface area contributed by atoms with E-state index in [2.05, 4.69) is 4.74 Å². The number of methoxy groups -OCH3 is 2. The second-order valence-electron chi connectivity index (χ2n) is 5.65. The van der Waals surface area contributed by atoms with Gasteiger partial charge in [-0.1, -0.05) is 0 Å². The Balaban J connectivity index is 7.25. The monoisotopic (exact) mass is 498 g/mol. The number of carbonyl (C=O) groups is 1. The van der Waals surface area contributed by atoms with Crippen LogP contribution >= 0.6 is 24.4 Å². The first-order chi connectivity index (χ1) is 13.0. The molecule has 0 rings (SSSR count). The summed E-state index contributed by atoms with van der Waals surface area (Å²) in [5.74, 6) is -5.31. The number of thiocarbonyl (C=S) groups is 2. The van der Waals surface area contributed by atoms with Crippen LogP contribution in [-0.2, 0) is 44.4 Å². The molecule has 13 nitrogen and oxygen atoms in total. The minimum Gasteiger partial charge on any atom is -0.467 e. The van der Waals surface area contributed by atoms with Crippen LogP contribution in [-0.4, -0.2) is 83.1 Å². The predicted octanol–water partition coefficient (Wildman–Crippen LogP) is 0.0890. The maximum absolute atomic E-state index is 12.6. The Morgan fingerprint density at radius 3 is 1.34 bits per heavy atom. The molecular weight excluding hydrogens is 476 g/mol. The summed E-state index contributed by atoms with van der Waals surface area (Å²) in [6.45, 7) is 5.64. The van der Waals surface area contributed by atoms with Gasteiger partial charge in [-0.2, -0.15) is 16.8 Å². The maximum Gasteiger partial charge on any atom is 0.385 e. The predicted molar refractivity (Wildman–Crippen MR) is 106 cm³/mol. The van der Waals surface area contributed by atoms with Gasteiger partial charge in [-0.3, -0.25) is 9.11 Å². The summed E-state index contributed by atoms with van der Waals surface area (Å²) < 4.78 is 86.2. The smallest absolute Gasteiger partial charge is 0.385 e. The minimum atomic E-state index is -5.59. The van der Waals surface area contributed by atoms with Crippen LogP contribution in [0.2, 0.25) is 0 Å². The molecule has 0 unspecified atom stereocenters. The van der Waals surface area contributed by atoms with E-state index in [0.717, 1.165) is 7.11 Å². The van der Waals surface area contributed by atoms with Crippen LogP contribution in [0.1, 0.15) is 27.7 Å². The first-order valence-corrected chi connectivity index (χ1v) is 11.2. The molecule has 170 valence electrons. The second kappa shape index (κ2) is 10.1. The molecule has 29 heavy (non-hydrogen) atoms. The maximum atomic E-state index is 12.6. The standard InChI is InChI=1S/C12H22N2O11S4/c1-7(2)24-10(26)13(28(16,17)18)12(23-6,9(15)22-5)14(29(19,20)21)11(27)25-8(3)4/h7-8H,1-6H3,(H,16,17,18)(H,19,20,21). The molecular formula is C12H22N2O11S4. The Kier molecular flexibility index (Phi) is 9.62. The summed E-state index contributed by atoms with van der Waals surface area (Å²) in [6.07, 6.45) is -1.59. The fourth-order valence-corrected chi connectivity index (χ4v) is 4.68. The number of hydrogen-bond donors (Lipinski definition) is 2. The van der Waals surface area contributed by atoms with Gasteiger partial charge in [0.2, 0.25) is 0 Å². The molecule has 0 aromatic carbocycles. The Morgan fingerprint density at radius 1 is 0.862 bits per heavy atom. The molecule has 0 fully saturated rings. The summed E-state index contributed by atoms with van der Waals surface area (Å²) in [6, 6.07) is 0. The summed E-state index contributed by atoms with van der Waals surface area (Å²) >= 11 is 9.57. The van der Waals surface area contributed by atoms with Gasteiger partial charge in [0.25, 0.3) is 10.3 Å². The number of rotatable bonds is 8. The molecule has 0 amide bonds. The molecule has 0 aromatic heterocycles. The average Bonchev–Trinajstić information content (AvgIpc) is 2.48. The molecule has 0 bridgehead atoms. The third-order valence-electron chi connectivity index (χ3n) is 2.75. The van der Waals surface area contributed by atoms with Crippen molar-refractivity contribution in [2.45, 2.75) is 45.8 Å². The lowest BCUT2D eigenvalue weighted by Crippen LogP contribution is -2.72. The number of hydrogen-bond acceptors (Lipinski definition) is 11. The van der Waals surface area contributed by atoms with Crippen LogP contribution in [0.4, 0.5) is 0 Å². The van der Waals surface area contributed by atoms with Crippen LogP contribution < -0.4 is 0 Å². The van der Waals surface area contributed by atoms with Crippen LogP contribution in [0.5, 0.6) is 0 Å². The van der Waals surface area contributed by atoms with Gasteiger partial charge in [0.05, 0.1) is 19.3 Å². The average molecular weight is 499 g/mol. The zero-order valence-corrected chi connectivity index (χ0v) is 19.5. The molecule has 0 atom stereocenters. The van der Waals surface area contributed by atoms with Crippen molar-refractivity contribution in [1.82, 2.24) is 8.61 Å². The van der Waals surface area contributed by atoms with Crippen molar-refractivity contribution >= 4 is 61.4 Å². The van der Waals surface area contributed by atoms with Crippen LogP contribution in [0.15, 0.2) is 0 Å². The van der Waals surface area contributed by atoms with Gasteiger partial charge in [0, 0.05) is 7.11 Å². The summed E-state index contributed by atoms with van der Waals surface area (Å²) in [7, 11) is -9.79. The Labute approximate surface area is 179 Å². The van der Waals surface area contributed by atoms with E-state index in [9.17, 15) is 30.7 Å². The quantitative estimate of drug-likeness (QED) is 0.200. The first-order valence-electron chi connectivity index (χ1n) is 7.57. The Bertz CT molecular complexity index is 780. The van der Waals surface area contributed by atoms with Crippen molar-refractivity contribution in [2.75, 3.05) is 14.2 Å². The van der Waals surface area contributed by atoms with Crippen LogP contribution in [0.3, 0.4) is 0 Å². The minimum absolute atomic E-state index is 0.440. The summed E-state index contributed by atoms with van der Waals surface area (Å²) in [5, 5.41) is -2.26. The van der Waals surface area contributed by atoms with E-state index < -0.39 is 63.6 Å². The number of nitrogens with zero attached hydrogens (tertiary/aromatic N) is 2. The highest BCUT2D eigenvalue weighted by molar-refractivity contribution is 7.88. The SMILES string of the molecule is COC(=O)C(OC)(N(C(=S)OC(C)C)S(=O)(=O)O)N(C(=S)OC(C)C)S(=O)(=O)O. The fourth-order valence-electron chi connectivity index (χ4n) is 1.88. The van der Waals surface area contributed by atoms with Crippen LogP contribution in [0.25, 0.3) is 0 Å². The topological polar surface area (TPSA) is 169 Å². The molecule has 0 saturated heterocycles. The van der Waals surface area contributed by atoms with Crippen molar-refractivity contribution in [2.24, 2.45) is 0 Å². The van der Waals surface area contributed by atoms with Crippen molar-refractivity contribution in [3.8, 4) is 0 Å². The largest absolute Gasteiger partial charge is 0.467 e. The van der Waals surface area contributed by atoms with E-state index in [1.807, 2.05) is 0 Å². The third kappa shape index (κ3) is 6.56. The number of ether oxygens (including phenoxy) is 4. The molecule has 0 aliphatic rings. The Morgan fingerprint density at radius 2 is 1.17 bits per heavy atom. The van der Waals surface area contributed by atoms with Gasteiger partial charge in [-0.05, 0) is 52.1 Å². The molecule has 0 radical (unpaired) electrons.